The fourth-order valence-corrected chi connectivity index (χ4v) is 5.94. The first-order valence-corrected chi connectivity index (χ1v) is 13.1. The van der Waals surface area contributed by atoms with Gasteiger partial charge < -0.3 is 19.2 Å². The number of aliphatic hydroxyl groups is 1. The summed E-state index contributed by atoms with van der Waals surface area (Å²) in [6, 6.07) is 13.8. The Morgan fingerprint density at radius 3 is 2.72 bits per heavy atom. The topological polar surface area (TPSA) is 80.0 Å². The molecule has 5 rings (SSSR count). The van der Waals surface area contributed by atoms with Crippen molar-refractivity contribution < 1.29 is 19.1 Å². The van der Waals surface area contributed by atoms with Crippen LogP contribution in [-0.4, -0.2) is 34.6 Å². The molecule has 2 heterocycles. The van der Waals surface area contributed by atoms with E-state index in [0.717, 1.165) is 47.8 Å². The van der Waals surface area contributed by atoms with Crippen molar-refractivity contribution in [1.82, 2.24) is 4.90 Å². The van der Waals surface area contributed by atoms with E-state index in [9.17, 15) is 14.7 Å². The van der Waals surface area contributed by atoms with Crippen molar-refractivity contribution in [3.05, 3.63) is 75.1 Å². The van der Waals surface area contributed by atoms with Crippen LogP contribution in [0.15, 0.2) is 51.7 Å². The van der Waals surface area contributed by atoms with E-state index in [1.54, 1.807) is 0 Å². The van der Waals surface area contributed by atoms with Crippen LogP contribution in [-0.2, 0) is 17.8 Å². The van der Waals surface area contributed by atoms with E-state index in [2.05, 4.69) is 0 Å². The second kappa shape index (κ2) is 10.1. The molecule has 1 aliphatic carbocycles. The first-order valence-electron chi connectivity index (χ1n) is 13.1. The molecule has 3 aromatic rings. The minimum atomic E-state index is -0.605. The number of ether oxygens (including phenoxy) is 1. The van der Waals surface area contributed by atoms with Crippen LogP contribution in [0.2, 0.25) is 0 Å². The van der Waals surface area contributed by atoms with E-state index in [1.165, 1.54) is 0 Å². The van der Waals surface area contributed by atoms with Gasteiger partial charge in [0.05, 0.1) is 5.60 Å². The number of amides is 1. The number of hydrogen-bond acceptors (Lipinski definition) is 5. The lowest BCUT2D eigenvalue weighted by molar-refractivity contribution is -0.143. The molecule has 1 aliphatic heterocycles. The second-order valence-electron chi connectivity index (χ2n) is 10.5. The Bertz CT molecular complexity index is 1310. The van der Waals surface area contributed by atoms with E-state index in [4.69, 9.17) is 9.15 Å². The van der Waals surface area contributed by atoms with Crippen molar-refractivity contribution in [2.45, 2.75) is 71.0 Å². The largest absolute Gasteiger partial charge is 0.488 e. The lowest BCUT2D eigenvalue weighted by Gasteiger charge is -2.47. The van der Waals surface area contributed by atoms with Crippen LogP contribution in [0, 0.1) is 19.8 Å². The van der Waals surface area contributed by atoms with Gasteiger partial charge in [-0.15, -0.1) is 0 Å². The predicted octanol–water partition coefficient (Wildman–Crippen LogP) is 5.08. The number of nitrogens with zero attached hydrogens (tertiary/aromatic N) is 1. The van der Waals surface area contributed by atoms with Crippen LogP contribution in [0.3, 0.4) is 0 Å². The molecule has 1 N–H and O–H groups in total. The molecule has 6 nitrogen and oxygen atoms in total. The molecule has 1 aromatic heterocycles. The third kappa shape index (κ3) is 4.79. The zero-order valence-electron chi connectivity index (χ0n) is 21.2. The molecule has 1 saturated carbocycles. The normalized spacial score (nSPS) is 21.9. The molecule has 6 heteroatoms. The van der Waals surface area contributed by atoms with Gasteiger partial charge in [0.1, 0.15) is 17.9 Å². The average molecular weight is 490 g/mol. The maximum atomic E-state index is 13.0. The van der Waals surface area contributed by atoms with Gasteiger partial charge in [-0.05, 0) is 62.8 Å². The van der Waals surface area contributed by atoms with Gasteiger partial charge in [0.25, 0.3) is 0 Å². The molecule has 2 aliphatic rings. The third-order valence-electron chi connectivity index (χ3n) is 8.26. The van der Waals surface area contributed by atoms with Crippen LogP contribution in [0.1, 0.15) is 60.8 Å². The number of carbonyl (C=O) groups excluding carboxylic acids is 1. The van der Waals surface area contributed by atoms with E-state index >= 15 is 0 Å². The summed E-state index contributed by atoms with van der Waals surface area (Å²) in [6.07, 6.45) is 5.26. The van der Waals surface area contributed by atoms with Crippen molar-refractivity contribution in [2.75, 3.05) is 13.1 Å². The van der Waals surface area contributed by atoms with Gasteiger partial charge in [0, 0.05) is 41.9 Å². The minimum Gasteiger partial charge on any atom is -0.488 e. The summed E-state index contributed by atoms with van der Waals surface area (Å²) in [7, 11) is 0. The van der Waals surface area contributed by atoms with Gasteiger partial charge in [-0.3, -0.25) is 4.79 Å². The molecule has 36 heavy (non-hydrogen) atoms. The van der Waals surface area contributed by atoms with Gasteiger partial charge >= 0.3 is 5.63 Å². The summed E-state index contributed by atoms with van der Waals surface area (Å²) < 4.78 is 11.8. The molecule has 190 valence electrons. The number of carbonyl (C=O) groups is 1. The lowest BCUT2D eigenvalue weighted by atomic mass is 9.71. The highest BCUT2D eigenvalue weighted by molar-refractivity contribution is 5.86. The van der Waals surface area contributed by atoms with Crippen LogP contribution >= 0.6 is 0 Å². The smallest absolute Gasteiger partial charge is 0.339 e. The summed E-state index contributed by atoms with van der Waals surface area (Å²) in [5.41, 5.74) is 2.80. The Kier molecular flexibility index (Phi) is 6.89. The standard InChI is InChI=1S/C30H35NO5/c1-20-24-11-13-26(35-19-22-8-4-3-5-9-22)21(2)28(24)36-29(33)25(20)12-14-27(32)31-17-16-30(34)15-7-6-10-23(30)18-31/h3-5,8-9,11,13,23,34H,6-7,10,12,14-19H2,1-2H3. The number of fused-ring (bicyclic) bond motifs is 2. The monoisotopic (exact) mass is 489 g/mol. The molecule has 0 bridgehead atoms. The predicted molar refractivity (Wildman–Crippen MR) is 139 cm³/mol. The Morgan fingerprint density at radius 1 is 1.11 bits per heavy atom. The SMILES string of the molecule is Cc1c(CCC(=O)N2CCC3(O)CCCCC3C2)c(=O)oc2c(C)c(OCc3ccccc3)ccc12. The number of likely N-dealkylation sites (tertiary alicyclic amines) is 1. The molecular formula is C30H35NO5. The van der Waals surface area contributed by atoms with E-state index in [1.807, 2.05) is 61.2 Å². The Morgan fingerprint density at radius 2 is 1.92 bits per heavy atom. The first kappa shape index (κ1) is 24.6. The Labute approximate surface area is 211 Å². The van der Waals surface area contributed by atoms with Crippen LogP contribution < -0.4 is 10.4 Å². The number of piperidine rings is 1. The fourth-order valence-electron chi connectivity index (χ4n) is 5.94. The van der Waals surface area contributed by atoms with Crippen molar-refractivity contribution in [3.63, 3.8) is 0 Å². The summed E-state index contributed by atoms with van der Waals surface area (Å²) in [4.78, 5) is 27.8. The summed E-state index contributed by atoms with van der Waals surface area (Å²) >= 11 is 0. The highest BCUT2D eigenvalue weighted by Gasteiger charge is 2.43. The molecule has 0 radical (unpaired) electrons. The quantitative estimate of drug-likeness (QED) is 0.489. The summed E-state index contributed by atoms with van der Waals surface area (Å²) in [5.74, 6) is 0.893. The van der Waals surface area contributed by atoms with E-state index in [0.29, 0.717) is 49.4 Å². The summed E-state index contributed by atoms with van der Waals surface area (Å²) in [6.45, 7) is 5.46. The number of rotatable bonds is 6. The maximum Gasteiger partial charge on any atom is 0.339 e. The molecule has 2 aromatic carbocycles. The molecular weight excluding hydrogens is 454 g/mol. The third-order valence-corrected chi connectivity index (χ3v) is 8.26. The average Bonchev–Trinajstić information content (AvgIpc) is 2.88. The first-order chi connectivity index (χ1) is 17.4. The van der Waals surface area contributed by atoms with Crippen molar-refractivity contribution >= 4 is 16.9 Å². The molecule has 2 fully saturated rings. The highest BCUT2D eigenvalue weighted by Crippen LogP contribution is 2.40. The van der Waals surface area contributed by atoms with Gasteiger partial charge in [-0.1, -0.05) is 43.2 Å². The van der Waals surface area contributed by atoms with E-state index in [-0.39, 0.29) is 18.2 Å². The number of benzene rings is 2. The van der Waals surface area contributed by atoms with Gasteiger partial charge in [0.15, 0.2) is 0 Å². The van der Waals surface area contributed by atoms with Crippen molar-refractivity contribution in [3.8, 4) is 5.75 Å². The molecule has 1 amide bonds. The number of hydrogen-bond donors (Lipinski definition) is 1. The fraction of sp³-hybridized carbons (Fsp3) is 0.467. The second-order valence-corrected chi connectivity index (χ2v) is 10.5. The van der Waals surface area contributed by atoms with E-state index < -0.39 is 11.2 Å². The van der Waals surface area contributed by atoms with Crippen LogP contribution in [0.5, 0.6) is 5.75 Å². The highest BCUT2D eigenvalue weighted by atomic mass is 16.5. The molecule has 2 unspecified atom stereocenters. The maximum absolute atomic E-state index is 13.0. The van der Waals surface area contributed by atoms with Gasteiger partial charge in [0.2, 0.25) is 5.91 Å². The zero-order valence-corrected chi connectivity index (χ0v) is 21.2. The summed E-state index contributed by atoms with van der Waals surface area (Å²) in [5, 5.41) is 11.8. The molecule has 2 atom stereocenters. The molecule has 1 saturated heterocycles. The molecule has 0 spiro atoms. The zero-order chi connectivity index (χ0) is 25.3. The lowest BCUT2D eigenvalue weighted by Crippen LogP contribution is -2.54. The van der Waals surface area contributed by atoms with Crippen molar-refractivity contribution in [1.29, 1.82) is 0 Å². The van der Waals surface area contributed by atoms with Crippen LogP contribution in [0.25, 0.3) is 11.0 Å². The minimum absolute atomic E-state index is 0.0439. The Hall–Kier alpha value is -3.12. The van der Waals surface area contributed by atoms with Gasteiger partial charge in [-0.2, -0.15) is 0 Å². The van der Waals surface area contributed by atoms with Crippen molar-refractivity contribution in [2.24, 2.45) is 5.92 Å². The Balaban J connectivity index is 1.29. The van der Waals surface area contributed by atoms with Crippen LogP contribution in [0.4, 0.5) is 0 Å². The number of aryl methyl sites for hydroxylation is 2. The van der Waals surface area contributed by atoms with Gasteiger partial charge in [-0.25, -0.2) is 4.79 Å².